The van der Waals surface area contributed by atoms with E-state index >= 15 is 0 Å². The molecule has 13 atom stereocenters. The molecule has 0 spiro atoms. The lowest BCUT2D eigenvalue weighted by Gasteiger charge is -2.58. The Balaban J connectivity index is 6.38. The molecule has 0 amide bonds. The van der Waals surface area contributed by atoms with Crippen molar-refractivity contribution in [3.05, 3.63) is 0 Å². The molecule has 13 unspecified atom stereocenters. The number of hydrogen-bond acceptors (Lipinski definition) is 0. The van der Waals surface area contributed by atoms with Gasteiger partial charge in [-0.3, -0.25) is 7.96 Å². The van der Waals surface area contributed by atoms with Gasteiger partial charge >= 0.3 is 0 Å². The Hall–Kier alpha value is 10.7. The van der Waals surface area contributed by atoms with E-state index in [1.54, 1.807) is 0 Å². The van der Waals surface area contributed by atoms with E-state index in [1.807, 2.05) is 0 Å². The smallest absolute Gasteiger partial charge is 0.00517 e. The fraction of sp³-hybridized carbons (Fsp3) is 0. The van der Waals surface area contributed by atoms with Crippen LogP contribution in [0.4, 0.5) is 0 Å². The van der Waals surface area contributed by atoms with Crippen molar-refractivity contribution < 1.29 is 0 Å². The summed E-state index contributed by atoms with van der Waals surface area (Å²) in [6.07, 6.45) is 0. The van der Waals surface area contributed by atoms with Crippen LogP contribution < -0.4 is 0 Å². The molecule has 0 aromatic carbocycles. The van der Waals surface area contributed by atoms with E-state index in [2.05, 4.69) is 116 Å². The Labute approximate surface area is 199 Å². The van der Waals surface area contributed by atoms with Gasteiger partial charge in [-0.1, -0.05) is 6.99 Å². The first-order chi connectivity index (χ1) is 11.4. The molecule has 0 nitrogen and oxygen atoms in total. The molecule has 25 heteroatoms. The largest absolute Gasteiger partial charge is 0.553 e. The third kappa shape index (κ3) is 13.4. The molecule has 0 aliphatic carbocycles. The molecule has 0 saturated carbocycles. The normalized spacial score (nSPS) is 18.7. The van der Waals surface area contributed by atoms with Crippen LogP contribution in [0.15, 0.2) is 0 Å². The summed E-state index contributed by atoms with van der Waals surface area (Å²) in [5.74, 6) is 0. The Morgan fingerprint density at radius 3 is 1.04 bits per heavy atom. The van der Waals surface area contributed by atoms with E-state index in [9.17, 15) is 0 Å². The maximum atomic E-state index is 4.08. The molecule has 0 aromatic rings. The van der Waals surface area contributed by atoms with Gasteiger partial charge in [-0.25, -0.2) is 0 Å². The van der Waals surface area contributed by atoms with E-state index in [0.29, 0.717) is 0 Å². The van der Waals surface area contributed by atoms with E-state index < -0.39 is 0 Å². The van der Waals surface area contributed by atoms with Gasteiger partial charge in [0.25, 0.3) is 0 Å². The van der Waals surface area contributed by atoms with E-state index in [4.69, 9.17) is 0 Å². The Morgan fingerprint density at radius 2 is 0.840 bits per heavy atom. The predicted molar refractivity (Wildman–Crippen MR) is 204 cm³/mol. The number of rotatable bonds is 11. The highest BCUT2D eigenvalue weighted by molar-refractivity contribution is 9.40. The van der Waals surface area contributed by atoms with Gasteiger partial charge in [-0.2, -0.15) is 0 Å². The van der Waals surface area contributed by atoms with Crippen molar-refractivity contribution in [3.63, 3.8) is 0 Å². The minimum Gasteiger partial charge on any atom is -0.553 e. The van der Waals surface area contributed by atoms with Gasteiger partial charge in [0.15, 0.2) is 0 Å². The summed E-state index contributed by atoms with van der Waals surface area (Å²) in [6, 6.07) is 0. The molecule has 0 rings (SSSR count). The number of hydrogen-bond donors (Lipinski definition) is 0. The molecular formula is H22P25-5. The van der Waals surface area contributed by atoms with Crippen molar-refractivity contribution in [2.24, 2.45) is 0 Å². The first-order valence-corrected chi connectivity index (χ1v) is 48.9. The standard InChI is InChI=1S/H22P25/c1-14-21(15(2)3)24(20(12)13)25(22(16(4)5)17(6)7)23(18(8)9)19(10)11/h1-5,14H,6-13H2/q-5. The van der Waals surface area contributed by atoms with Crippen molar-refractivity contribution >= 4 is 201 Å². The maximum absolute atomic E-state index is 4.08. The fourth-order valence-electron chi connectivity index (χ4n) is 1.24. The second kappa shape index (κ2) is 19.8. The van der Waals surface area contributed by atoms with Gasteiger partial charge in [-0.05, 0) is 48.9 Å². The van der Waals surface area contributed by atoms with Crippen LogP contribution in [-0.2, 0) is 0 Å². The highest BCUT2D eigenvalue weighted by Gasteiger charge is 2.41. The van der Waals surface area contributed by atoms with Crippen LogP contribution in [0.25, 0.3) is 0 Å². The van der Waals surface area contributed by atoms with Crippen molar-refractivity contribution in [2.45, 2.75) is 0 Å². The molecule has 0 fully saturated rings. The van der Waals surface area contributed by atoms with E-state index in [1.165, 1.54) is 0 Å². The monoisotopic (exact) mass is 797 g/mol. The summed E-state index contributed by atoms with van der Waals surface area (Å²) in [5.41, 5.74) is 0. The van der Waals surface area contributed by atoms with Gasteiger partial charge in [0, 0.05) is 0 Å². The van der Waals surface area contributed by atoms with Crippen LogP contribution in [0.3, 0.4) is 0 Å². The average molecular weight is 797 g/mol. The minimum atomic E-state index is -0.258. The van der Waals surface area contributed by atoms with Crippen molar-refractivity contribution in [1.82, 2.24) is 0 Å². The summed E-state index contributed by atoms with van der Waals surface area (Å²) in [6.45, 7) is -0.844. The van der Waals surface area contributed by atoms with E-state index in [0.717, 1.165) is 7.96 Å². The molecule has 25 heavy (non-hydrogen) atoms. The zero-order chi connectivity index (χ0) is 20.1. The summed E-state index contributed by atoms with van der Waals surface area (Å²) in [7, 11) is 46.6. The molecule has 0 bridgehead atoms. The topological polar surface area (TPSA) is 0 Å². The molecule has 0 aromatic heterocycles. The van der Waals surface area contributed by atoms with Gasteiger partial charge in [0.1, 0.15) is 0 Å². The zero-order valence-electron chi connectivity index (χ0n) is 12.5. The van der Waals surface area contributed by atoms with Crippen LogP contribution in [0, 0.1) is 0 Å². The first-order valence-electron chi connectivity index (χ1n) is 5.43. The fourth-order valence-corrected chi connectivity index (χ4v) is 300. The van der Waals surface area contributed by atoms with Gasteiger partial charge < -0.3 is 58.6 Å². The molecule has 152 valence electrons. The molecule has 0 saturated heterocycles. The highest BCUT2D eigenvalue weighted by atomic mass is 33.5. The van der Waals surface area contributed by atoms with E-state index in [-0.39, 0.29) is 76.9 Å². The van der Waals surface area contributed by atoms with Crippen LogP contribution in [0.1, 0.15) is 0 Å². The Morgan fingerprint density at radius 1 is 0.480 bits per heavy atom. The Bertz CT molecular complexity index is 298. The summed E-state index contributed by atoms with van der Waals surface area (Å²) in [5, 5.41) is 0. The maximum Gasteiger partial charge on any atom is -0.00517 e. The van der Waals surface area contributed by atoms with Gasteiger partial charge in [0.2, 0.25) is 0 Å². The average Bonchev–Trinajstić information content (AvgIpc) is 2.41. The second-order valence-electron chi connectivity index (χ2n) is 3.62. The minimum absolute atomic E-state index is 0.00130. The van der Waals surface area contributed by atoms with Crippen molar-refractivity contribution in [1.29, 1.82) is 0 Å². The molecule has 0 aliphatic rings. The summed E-state index contributed by atoms with van der Waals surface area (Å²) in [4.78, 5) is 0. The van der Waals surface area contributed by atoms with Gasteiger partial charge in [-0.15, -0.1) is 78.4 Å². The zero-order valence-corrected chi connectivity index (χ0v) is 37.6. The lowest BCUT2D eigenvalue weighted by Crippen LogP contribution is -1.60. The molecule has 0 radical (unpaired) electrons. The van der Waals surface area contributed by atoms with Crippen LogP contribution >= 0.6 is 201 Å². The lowest BCUT2D eigenvalue weighted by atomic mass is 28.5. The predicted octanol–water partition coefficient (Wildman–Crippen LogP) is 15.6. The lowest BCUT2D eigenvalue weighted by molar-refractivity contribution is 4.45. The second-order valence-corrected chi connectivity index (χ2v) is 97.7. The van der Waals surface area contributed by atoms with Crippen LogP contribution in [0.5, 0.6) is 0 Å². The third-order valence-corrected chi connectivity index (χ3v) is 157. The summed E-state index contributed by atoms with van der Waals surface area (Å²) < 4.78 is 0. The van der Waals surface area contributed by atoms with Crippen molar-refractivity contribution in [2.75, 3.05) is 0 Å². The van der Waals surface area contributed by atoms with Crippen molar-refractivity contribution in [3.8, 4) is 0 Å². The van der Waals surface area contributed by atoms with Crippen LogP contribution in [-0.4, -0.2) is 0 Å². The molecule has 0 heterocycles. The molecular weight excluding hydrogens is 774 g/mol. The first kappa shape index (κ1) is 35.8. The summed E-state index contributed by atoms with van der Waals surface area (Å²) >= 11 is 0. The molecule has 0 aliphatic heterocycles. The van der Waals surface area contributed by atoms with Crippen LogP contribution in [0.2, 0.25) is 0 Å². The molecule has 0 N–H and O–H groups in total. The third-order valence-electron chi connectivity index (χ3n) is 1.94. The SMILES string of the molecule is [PH-]PP(P([PH-])[PH-])P(P(P)P)P(P(P([PH-])[PH-])P(P)P)P(P(P)P)P(P)P. The quantitative estimate of drug-likeness (QED) is 0.183. The Kier molecular flexibility index (Phi) is 28.3. The highest BCUT2D eigenvalue weighted by Crippen LogP contribution is 3.34. The van der Waals surface area contributed by atoms with Gasteiger partial charge in [0.05, 0.1) is 0 Å².